The van der Waals surface area contributed by atoms with E-state index in [1.165, 1.54) is 42.0 Å². The van der Waals surface area contributed by atoms with Crippen LogP contribution in [0.5, 0.6) is 5.75 Å². The van der Waals surface area contributed by atoms with E-state index in [9.17, 15) is 13.2 Å². The molecule has 8 heteroatoms. The lowest BCUT2D eigenvalue weighted by atomic mass is 9.91. The van der Waals surface area contributed by atoms with Crippen LogP contribution in [-0.2, 0) is 19.6 Å². The lowest BCUT2D eigenvalue weighted by molar-refractivity contribution is -0.145. The van der Waals surface area contributed by atoms with Crippen LogP contribution in [0.15, 0.2) is 46.0 Å². The molecule has 6 nitrogen and oxygen atoms in total. The zero-order valence-corrected chi connectivity index (χ0v) is 15.5. The van der Waals surface area contributed by atoms with Crippen LogP contribution in [0.2, 0.25) is 0 Å². The van der Waals surface area contributed by atoms with Crippen molar-refractivity contribution in [3.63, 3.8) is 0 Å². The van der Waals surface area contributed by atoms with Crippen molar-refractivity contribution in [3.8, 4) is 5.75 Å². The molecule has 1 unspecified atom stereocenters. The Morgan fingerprint density at radius 2 is 2.04 bits per heavy atom. The number of hydrogen-bond donors (Lipinski definition) is 0. The van der Waals surface area contributed by atoms with Gasteiger partial charge in [-0.15, -0.1) is 0 Å². The summed E-state index contributed by atoms with van der Waals surface area (Å²) < 4.78 is 37.3. The highest BCUT2D eigenvalue weighted by Gasteiger charge is 2.44. The van der Waals surface area contributed by atoms with E-state index >= 15 is 0 Å². The molecule has 25 heavy (non-hydrogen) atoms. The van der Waals surface area contributed by atoms with E-state index in [2.05, 4.69) is 0 Å². The monoisotopic (exact) mass is 381 g/mol. The zero-order chi connectivity index (χ0) is 18.0. The smallest absolute Gasteiger partial charge is 0.310 e. The average Bonchev–Trinajstić information content (AvgIpc) is 3.30. The van der Waals surface area contributed by atoms with Gasteiger partial charge in [0.15, 0.2) is 0 Å². The van der Waals surface area contributed by atoms with Crippen molar-refractivity contribution in [3.05, 3.63) is 46.7 Å². The Morgan fingerprint density at radius 1 is 1.24 bits per heavy atom. The molecule has 2 aromatic rings. The number of nitrogens with zero attached hydrogens (tertiary/aromatic N) is 1. The fourth-order valence-corrected chi connectivity index (χ4v) is 5.34. The Morgan fingerprint density at radius 3 is 2.68 bits per heavy atom. The van der Waals surface area contributed by atoms with Crippen molar-refractivity contribution < 1.29 is 22.7 Å². The van der Waals surface area contributed by atoms with Crippen molar-refractivity contribution in [2.45, 2.75) is 10.8 Å². The molecule has 1 saturated heterocycles. The summed E-state index contributed by atoms with van der Waals surface area (Å²) >= 11 is 1.52. The number of rotatable bonds is 5. The van der Waals surface area contributed by atoms with E-state index in [0.29, 0.717) is 5.75 Å². The Kier molecular flexibility index (Phi) is 5.12. The second-order valence-corrected chi connectivity index (χ2v) is 8.51. The van der Waals surface area contributed by atoms with Gasteiger partial charge in [0, 0.05) is 25.1 Å². The minimum absolute atomic E-state index is 0.104. The first-order chi connectivity index (χ1) is 12.0. The summed E-state index contributed by atoms with van der Waals surface area (Å²) in [4.78, 5) is 12.3. The molecule has 0 bridgehead atoms. The van der Waals surface area contributed by atoms with Crippen LogP contribution in [0, 0.1) is 5.92 Å². The number of carbonyl (C=O) groups is 1. The molecule has 2 atom stereocenters. The van der Waals surface area contributed by atoms with E-state index in [1.54, 1.807) is 12.1 Å². The second-order valence-electron chi connectivity index (χ2n) is 5.79. The Labute approximate surface area is 151 Å². The normalized spacial score (nSPS) is 21.2. The van der Waals surface area contributed by atoms with Crippen molar-refractivity contribution in [2.75, 3.05) is 27.3 Å². The topological polar surface area (TPSA) is 72.9 Å². The van der Waals surface area contributed by atoms with Gasteiger partial charge in [-0.05, 0) is 34.5 Å². The van der Waals surface area contributed by atoms with Gasteiger partial charge in [0.2, 0.25) is 10.0 Å². The van der Waals surface area contributed by atoms with Gasteiger partial charge < -0.3 is 9.47 Å². The van der Waals surface area contributed by atoms with Gasteiger partial charge in [-0.1, -0.05) is 6.07 Å². The summed E-state index contributed by atoms with van der Waals surface area (Å²) in [6.07, 6.45) is 0. The molecule has 1 aromatic heterocycles. The molecule has 0 saturated carbocycles. The number of benzene rings is 1. The molecule has 0 spiro atoms. The van der Waals surface area contributed by atoms with E-state index in [1.807, 2.05) is 16.8 Å². The van der Waals surface area contributed by atoms with Crippen LogP contribution >= 0.6 is 11.3 Å². The number of hydrogen-bond acceptors (Lipinski definition) is 6. The number of carbonyl (C=O) groups excluding carboxylic acids is 1. The minimum atomic E-state index is -3.72. The molecular formula is C17H19NO5S2. The molecule has 0 aliphatic carbocycles. The first kappa shape index (κ1) is 17.9. The maximum Gasteiger partial charge on any atom is 0.310 e. The van der Waals surface area contributed by atoms with Gasteiger partial charge in [-0.25, -0.2) is 8.42 Å². The van der Waals surface area contributed by atoms with Crippen LogP contribution in [-0.4, -0.2) is 46.0 Å². The van der Waals surface area contributed by atoms with Gasteiger partial charge in [-0.2, -0.15) is 15.6 Å². The third kappa shape index (κ3) is 3.42. The number of ether oxygens (including phenoxy) is 2. The maximum atomic E-state index is 13.0. The van der Waals surface area contributed by atoms with Crippen LogP contribution in [0.3, 0.4) is 0 Å². The first-order valence-corrected chi connectivity index (χ1v) is 10.1. The van der Waals surface area contributed by atoms with Crippen molar-refractivity contribution in [2.24, 2.45) is 5.92 Å². The van der Waals surface area contributed by atoms with E-state index < -0.39 is 15.9 Å². The van der Waals surface area contributed by atoms with Crippen molar-refractivity contribution in [1.29, 1.82) is 0 Å². The summed E-state index contributed by atoms with van der Waals surface area (Å²) in [5, 5.41) is 3.87. The van der Waals surface area contributed by atoms with E-state index in [4.69, 9.17) is 9.47 Å². The summed E-state index contributed by atoms with van der Waals surface area (Å²) in [6.45, 7) is 0.350. The highest BCUT2D eigenvalue weighted by Crippen LogP contribution is 2.37. The fourth-order valence-electron chi connectivity index (χ4n) is 3.09. The third-order valence-electron chi connectivity index (χ3n) is 4.44. The number of methoxy groups -OCH3 is 2. The molecule has 1 fully saturated rings. The largest absolute Gasteiger partial charge is 0.497 e. The Balaban J connectivity index is 1.93. The molecule has 0 amide bonds. The molecule has 0 radical (unpaired) electrons. The fraction of sp³-hybridized carbons (Fsp3) is 0.353. The summed E-state index contributed by atoms with van der Waals surface area (Å²) in [7, 11) is -0.908. The lowest BCUT2D eigenvalue weighted by Gasteiger charge is -2.16. The molecule has 2 heterocycles. The molecule has 1 aliphatic heterocycles. The summed E-state index contributed by atoms with van der Waals surface area (Å²) in [5.41, 5.74) is 0.962. The SMILES string of the molecule is COC(=O)[C@@H]1CN(S(=O)(=O)c2cccc(OC)c2)CC1c1ccsc1. The molecular weight excluding hydrogens is 362 g/mol. The minimum Gasteiger partial charge on any atom is -0.497 e. The Bertz CT molecular complexity index is 848. The highest BCUT2D eigenvalue weighted by molar-refractivity contribution is 7.89. The lowest BCUT2D eigenvalue weighted by Crippen LogP contribution is -2.30. The Hall–Kier alpha value is -1.90. The third-order valence-corrected chi connectivity index (χ3v) is 6.97. The molecule has 134 valence electrons. The van der Waals surface area contributed by atoms with Crippen molar-refractivity contribution in [1.82, 2.24) is 4.31 Å². The quantitative estimate of drug-likeness (QED) is 0.744. The first-order valence-electron chi connectivity index (χ1n) is 7.71. The van der Waals surface area contributed by atoms with Gasteiger partial charge in [0.1, 0.15) is 5.75 Å². The van der Waals surface area contributed by atoms with Gasteiger partial charge in [-0.3, -0.25) is 4.79 Å². The van der Waals surface area contributed by atoms with E-state index in [-0.39, 0.29) is 29.9 Å². The van der Waals surface area contributed by atoms with Crippen LogP contribution in [0.1, 0.15) is 11.5 Å². The number of sulfonamides is 1. The van der Waals surface area contributed by atoms with Crippen LogP contribution < -0.4 is 4.74 Å². The standard InChI is InChI=1S/C17H19NO5S2/c1-22-13-4-3-5-14(8-13)25(20,21)18-9-15(12-6-7-24-11-12)16(10-18)17(19)23-2/h3-8,11,15-16H,9-10H2,1-2H3/t15?,16-/m1/s1. The van der Waals surface area contributed by atoms with Gasteiger partial charge in [0.25, 0.3) is 0 Å². The van der Waals surface area contributed by atoms with Crippen molar-refractivity contribution >= 4 is 27.3 Å². The molecule has 1 aromatic carbocycles. The number of thiophene rings is 1. The summed E-state index contributed by atoms with van der Waals surface area (Å²) in [6, 6.07) is 8.26. The molecule has 3 rings (SSSR count). The number of esters is 1. The molecule has 0 N–H and O–H groups in total. The van der Waals surface area contributed by atoms with Gasteiger partial charge >= 0.3 is 5.97 Å². The summed E-state index contributed by atoms with van der Waals surface area (Å²) in [5.74, 6) is -0.641. The second kappa shape index (κ2) is 7.15. The van der Waals surface area contributed by atoms with E-state index in [0.717, 1.165) is 5.56 Å². The van der Waals surface area contributed by atoms with Crippen LogP contribution in [0.4, 0.5) is 0 Å². The maximum absolute atomic E-state index is 13.0. The average molecular weight is 381 g/mol. The van der Waals surface area contributed by atoms with Gasteiger partial charge in [0.05, 0.1) is 25.0 Å². The zero-order valence-electron chi connectivity index (χ0n) is 13.9. The van der Waals surface area contributed by atoms with Crippen LogP contribution in [0.25, 0.3) is 0 Å². The highest BCUT2D eigenvalue weighted by atomic mass is 32.2. The predicted molar refractivity (Wildman–Crippen MR) is 94.3 cm³/mol. The molecule has 1 aliphatic rings. The predicted octanol–water partition coefficient (Wildman–Crippen LogP) is 2.33.